The second-order valence-corrected chi connectivity index (χ2v) is 10.7. The lowest BCUT2D eigenvalue weighted by Gasteiger charge is -2.26. The average Bonchev–Trinajstić information content (AvgIpc) is 2.85. The molecule has 41 heavy (non-hydrogen) atoms. The van der Waals surface area contributed by atoms with E-state index in [1.165, 1.54) is 36.4 Å². The summed E-state index contributed by atoms with van der Waals surface area (Å²) in [4.78, 5) is 57.0. The Hall–Kier alpha value is -5.04. The fourth-order valence-electron chi connectivity index (χ4n) is 3.18. The molecular formula is C28H31N5O8. The van der Waals surface area contributed by atoms with Gasteiger partial charge in [-0.05, 0) is 90.1 Å². The van der Waals surface area contributed by atoms with E-state index in [-0.39, 0.29) is 28.7 Å². The maximum atomic E-state index is 12.7. The summed E-state index contributed by atoms with van der Waals surface area (Å²) >= 11 is 0. The number of alkyl carbamates (subject to hydrolysis) is 1. The highest BCUT2D eigenvalue weighted by atomic mass is 16.6. The van der Waals surface area contributed by atoms with Gasteiger partial charge in [0.25, 0.3) is 0 Å². The van der Waals surface area contributed by atoms with Crippen molar-refractivity contribution >= 4 is 46.7 Å². The molecule has 0 atom stereocenters. The second kappa shape index (κ2) is 12.0. The predicted molar refractivity (Wildman–Crippen MR) is 149 cm³/mol. The zero-order valence-electron chi connectivity index (χ0n) is 23.4. The summed E-state index contributed by atoms with van der Waals surface area (Å²) < 4.78 is 15.9. The number of nitrogens with zero attached hydrogens (tertiary/aromatic N) is 3. The molecule has 0 aliphatic rings. The molecule has 3 rings (SSSR count). The summed E-state index contributed by atoms with van der Waals surface area (Å²) in [6, 6.07) is 13.3. The standard InChI is InChI=1S/C28H31N5O8/c1-27(2,3)40-25(37)32-24(33(29)26(38)41-28(4,5)6)30-18-10-7-16(8-11-18)23(36)39-19-12-14-20-17(15-19)9-13-21(31-20)22(34)35/h7-15H,29H2,1-6H3,(H,34,35)(H,30,32,37). The number of rotatable bonds is 4. The summed E-state index contributed by atoms with van der Waals surface area (Å²) in [7, 11) is 0. The fourth-order valence-corrected chi connectivity index (χ4v) is 3.18. The number of benzene rings is 2. The van der Waals surface area contributed by atoms with Crippen LogP contribution in [-0.4, -0.2) is 56.4 Å². The minimum absolute atomic E-state index is 0.0988. The lowest BCUT2D eigenvalue weighted by atomic mass is 10.2. The van der Waals surface area contributed by atoms with Crippen molar-refractivity contribution in [1.82, 2.24) is 15.3 Å². The van der Waals surface area contributed by atoms with E-state index in [2.05, 4.69) is 15.3 Å². The Balaban J connectivity index is 1.80. The van der Waals surface area contributed by atoms with Gasteiger partial charge in [0.15, 0.2) is 0 Å². The zero-order valence-corrected chi connectivity index (χ0v) is 23.4. The van der Waals surface area contributed by atoms with Crippen LogP contribution in [0.25, 0.3) is 10.9 Å². The number of nitrogens with one attached hydrogen (secondary N) is 1. The first-order valence-electron chi connectivity index (χ1n) is 12.3. The third-order valence-electron chi connectivity index (χ3n) is 4.86. The Morgan fingerprint density at radius 2 is 1.54 bits per heavy atom. The van der Waals surface area contributed by atoms with Crippen LogP contribution in [0, 0.1) is 0 Å². The molecule has 1 heterocycles. The van der Waals surface area contributed by atoms with Crippen LogP contribution in [-0.2, 0) is 9.47 Å². The molecule has 1 aromatic heterocycles. The average molecular weight is 566 g/mol. The Morgan fingerprint density at radius 3 is 2.12 bits per heavy atom. The molecule has 0 saturated carbocycles. The number of carboxylic acid groups (broad SMARTS) is 1. The number of esters is 1. The van der Waals surface area contributed by atoms with Crippen LogP contribution < -0.4 is 15.9 Å². The van der Waals surface area contributed by atoms with Crippen LogP contribution in [0.2, 0.25) is 0 Å². The van der Waals surface area contributed by atoms with Crippen LogP contribution in [0.15, 0.2) is 59.6 Å². The number of carbonyl (C=O) groups excluding carboxylic acids is 3. The maximum absolute atomic E-state index is 12.7. The highest BCUT2D eigenvalue weighted by Crippen LogP contribution is 2.22. The molecule has 0 fully saturated rings. The largest absolute Gasteiger partial charge is 0.477 e. The highest BCUT2D eigenvalue weighted by molar-refractivity contribution is 6.02. The van der Waals surface area contributed by atoms with E-state index in [1.807, 2.05) is 0 Å². The Bertz CT molecular complexity index is 1500. The number of hydrogen-bond donors (Lipinski definition) is 3. The van der Waals surface area contributed by atoms with Gasteiger partial charge in [0, 0.05) is 5.39 Å². The summed E-state index contributed by atoms with van der Waals surface area (Å²) in [5, 5.41) is 12.6. The van der Waals surface area contributed by atoms with E-state index < -0.39 is 35.3 Å². The second-order valence-electron chi connectivity index (χ2n) is 10.7. The number of pyridine rings is 1. The number of aliphatic imine (C=N–C) groups is 1. The molecule has 216 valence electrons. The van der Waals surface area contributed by atoms with Crippen LogP contribution in [0.4, 0.5) is 15.3 Å². The molecule has 0 aliphatic carbocycles. The quantitative estimate of drug-likeness (QED) is 0.0757. The normalized spacial score (nSPS) is 11.9. The number of carboxylic acids is 1. The minimum atomic E-state index is -1.15. The van der Waals surface area contributed by atoms with Gasteiger partial charge in [-0.2, -0.15) is 5.01 Å². The number of fused-ring (bicyclic) bond motifs is 1. The molecule has 13 heteroatoms. The van der Waals surface area contributed by atoms with Gasteiger partial charge in [-0.15, -0.1) is 0 Å². The number of carbonyl (C=O) groups is 4. The predicted octanol–water partition coefficient (Wildman–Crippen LogP) is 4.78. The fraction of sp³-hybridized carbons (Fsp3) is 0.286. The van der Waals surface area contributed by atoms with Crippen molar-refractivity contribution in [2.75, 3.05) is 0 Å². The van der Waals surface area contributed by atoms with E-state index in [4.69, 9.17) is 25.2 Å². The van der Waals surface area contributed by atoms with Gasteiger partial charge in [-0.25, -0.2) is 35.0 Å². The van der Waals surface area contributed by atoms with E-state index in [1.54, 1.807) is 59.7 Å². The molecule has 13 nitrogen and oxygen atoms in total. The zero-order chi connectivity index (χ0) is 30.5. The first-order chi connectivity index (χ1) is 19.0. The molecule has 0 radical (unpaired) electrons. The first-order valence-corrected chi connectivity index (χ1v) is 12.3. The molecule has 2 amide bonds. The third-order valence-corrected chi connectivity index (χ3v) is 4.86. The van der Waals surface area contributed by atoms with Crippen molar-refractivity contribution in [3.63, 3.8) is 0 Å². The molecule has 0 aliphatic heterocycles. The third kappa shape index (κ3) is 9.00. The lowest BCUT2D eigenvalue weighted by Crippen LogP contribution is -2.53. The van der Waals surface area contributed by atoms with Crippen molar-refractivity contribution in [2.45, 2.75) is 52.7 Å². The van der Waals surface area contributed by atoms with Crippen molar-refractivity contribution < 1.29 is 38.5 Å². The number of nitrogens with two attached hydrogens (primary N) is 1. The van der Waals surface area contributed by atoms with Crippen LogP contribution in [0.1, 0.15) is 62.4 Å². The number of hydrogen-bond acceptors (Lipinski definition) is 10. The number of aromatic nitrogens is 1. The van der Waals surface area contributed by atoms with Gasteiger partial charge in [0.1, 0.15) is 22.6 Å². The van der Waals surface area contributed by atoms with Gasteiger partial charge in [-0.3, -0.25) is 5.32 Å². The van der Waals surface area contributed by atoms with Crippen LogP contribution in [0.5, 0.6) is 5.75 Å². The van der Waals surface area contributed by atoms with Crippen LogP contribution in [0.3, 0.4) is 0 Å². The summed E-state index contributed by atoms with van der Waals surface area (Å²) in [6.07, 6.45) is -1.88. The van der Waals surface area contributed by atoms with Gasteiger partial charge >= 0.3 is 24.1 Å². The molecule has 0 bridgehead atoms. The number of guanidine groups is 1. The van der Waals surface area contributed by atoms with Crippen LogP contribution >= 0.6 is 0 Å². The van der Waals surface area contributed by atoms with Crippen molar-refractivity contribution in [3.05, 3.63) is 65.9 Å². The highest BCUT2D eigenvalue weighted by Gasteiger charge is 2.26. The van der Waals surface area contributed by atoms with Gasteiger partial charge < -0.3 is 19.3 Å². The molecule has 2 aromatic carbocycles. The summed E-state index contributed by atoms with van der Waals surface area (Å²) in [6.45, 7) is 9.95. The van der Waals surface area contributed by atoms with Crippen molar-refractivity contribution in [3.8, 4) is 5.75 Å². The number of amides is 2. The molecule has 3 aromatic rings. The number of ether oxygens (including phenoxy) is 3. The van der Waals surface area contributed by atoms with E-state index in [9.17, 15) is 19.2 Å². The molecular weight excluding hydrogens is 534 g/mol. The minimum Gasteiger partial charge on any atom is -0.477 e. The van der Waals surface area contributed by atoms with Gasteiger partial charge in [0.05, 0.1) is 16.8 Å². The maximum Gasteiger partial charge on any atom is 0.431 e. The topological polar surface area (TPSA) is 183 Å². The molecule has 0 spiro atoms. The van der Waals surface area contributed by atoms with Crippen molar-refractivity contribution in [1.29, 1.82) is 0 Å². The van der Waals surface area contributed by atoms with Gasteiger partial charge in [-0.1, -0.05) is 6.07 Å². The van der Waals surface area contributed by atoms with E-state index >= 15 is 0 Å². The Kier molecular flexibility index (Phi) is 8.93. The number of hydrazine groups is 1. The smallest absolute Gasteiger partial charge is 0.431 e. The first kappa shape index (κ1) is 30.5. The summed E-state index contributed by atoms with van der Waals surface area (Å²) in [5.41, 5.74) is -0.942. The summed E-state index contributed by atoms with van der Waals surface area (Å²) in [5.74, 6) is 3.94. The van der Waals surface area contributed by atoms with Crippen molar-refractivity contribution in [2.24, 2.45) is 10.8 Å². The molecule has 0 unspecified atom stereocenters. The molecule has 4 N–H and O–H groups in total. The van der Waals surface area contributed by atoms with Gasteiger partial charge in [0.2, 0.25) is 5.96 Å². The lowest BCUT2D eigenvalue weighted by molar-refractivity contribution is 0.0356. The van der Waals surface area contributed by atoms with E-state index in [0.717, 1.165) is 0 Å². The Labute approximate surface area is 235 Å². The monoisotopic (exact) mass is 565 g/mol. The van der Waals surface area contributed by atoms with E-state index in [0.29, 0.717) is 15.9 Å². The number of aromatic carboxylic acids is 1. The Morgan fingerprint density at radius 1 is 0.902 bits per heavy atom. The SMILES string of the molecule is CC(C)(C)OC(=O)NC(=Nc1ccc(C(=O)Oc2ccc3nc(C(=O)O)ccc3c2)cc1)N(N)C(=O)OC(C)(C)C. The molecule has 0 saturated heterocycles.